The highest BCUT2D eigenvalue weighted by Gasteiger charge is 2.33. The lowest BCUT2D eigenvalue weighted by Gasteiger charge is -2.44. The summed E-state index contributed by atoms with van der Waals surface area (Å²) < 4.78 is 0. The molecule has 1 saturated heterocycles. The second-order valence-corrected chi connectivity index (χ2v) is 5.74. The van der Waals surface area contributed by atoms with Gasteiger partial charge in [0.15, 0.2) is 0 Å². The normalized spacial score (nSPS) is 26.9. The molecule has 0 bridgehead atoms. The van der Waals surface area contributed by atoms with Gasteiger partial charge in [-0.25, -0.2) is 4.98 Å². The summed E-state index contributed by atoms with van der Waals surface area (Å²) in [4.78, 5) is 11.6. The second kappa shape index (κ2) is 5.76. The topological polar surface area (TPSA) is 41.1 Å². The number of anilines is 2. The van der Waals surface area contributed by atoms with Gasteiger partial charge in [-0.3, -0.25) is 4.98 Å². The fraction of sp³-hybridized carbons (Fsp3) is 0.733. The van der Waals surface area contributed by atoms with Gasteiger partial charge in [0.25, 0.3) is 0 Å². The fourth-order valence-electron chi connectivity index (χ4n) is 3.67. The van der Waals surface area contributed by atoms with Crippen LogP contribution in [0, 0.1) is 5.92 Å². The summed E-state index contributed by atoms with van der Waals surface area (Å²) in [5.74, 6) is 2.85. The van der Waals surface area contributed by atoms with Gasteiger partial charge in [-0.2, -0.15) is 0 Å². The molecule has 3 rings (SSSR count). The van der Waals surface area contributed by atoms with Gasteiger partial charge in [-0.1, -0.05) is 12.8 Å². The maximum Gasteiger partial charge on any atom is 0.149 e. The molecular weight excluding hydrogens is 236 g/mol. The van der Waals surface area contributed by atoms with Crippen LogP contribution in [0.25, 0.3) is 0 Å². The van der Waals surface area contributed by atoms with Crippen LogP contribution in [-0.4, -0.2) is 29.1 Å². The van der Waals surface area contributed by atoms with Crippen molar-refractivity contribution in [2.24, 2.45) is 5.92 Å². The third-order valence-corrected chi connectivity index (χ3v) is 4.52. The largest absolute Gasteiger partial charge is 0.369 e. The minimum atomic E-state index is 0.702. The van der Waals surface area contributed by atoms with Crippen LogP contribution in [0.5, 0.6) is 0 Å². The van der Waals surface area contributed by atoms with Gasteiger partial charge in [-0.15, -0.1) is 0 Å². The number of hydrogen-bond donors (Lipinski definition) is 1. The van der Waals surface area contributed by atoms with E-state index in [2.05, 4.69) is 22.1 Å². The molecule has 2 unspecified atom stereocenters. The quantitative estimate of drug-likeness (QED) is 0.907. The third kappa shape index (κ3) is 2.67. The molecule has 4 nitrogen and oxygen atoms in total. The Morgan fingerprint density at radius 1 is 1.21 bits per heavy atom. The highest BCUT2D eigenvalue weighted by atomic mass is 15.2. The van der Waals surface area contributed by atoms with Gasteiger partial charge in [0.2, 0.25) is 0 Å². The van der Waals surface area contributed by atoms with E-state index in [-0.39, 0.29) is 0 Å². The van der Waals surface area contributed by atoms with Crippen molar-refractivity contribution in [3.05, 3.63) is 12.4 Å². The van der Waals surface area contributed by atoms with E-state index >= 15 is 0 Å². The molecule has 2 atom stereocenters. The molecule has 1 aromatic rings. The number of aromatic nitrogens is 2. The molecule has 0 aromatic carbocycles. The van der Waals surface area contributed by atoms with Crippen molar-refractivity contribution in [3.8, 4) is 0 Å². The van der Waals surface area contributed by atoms with E-state index in [4.69, 9.17) is 4.98 Å². The summed E-state index contributed by atoms with van der Waals surface area (Å²) >= 11 is 0. The zero-order valence-corrected chi connectivity index (χ0v) is 11.8. The van der Waals surface area contributed by atoms with Crippen LogP contribution in [0.2, 0.25) is 0 Å². The van der Waals surface area contributed by atoms with Crippen molar-refractivity contribution in [2.75, 3.05) is 23.3 Å². The summed E-state index contributed by atoms with van der Waals surface area (Å²) in [7, 11) is 0. The first-order valence-corrected chi connectivity index (χ1v) is 7.71. The molecule has 2 fully saturated rings. The molecule has 1 aliphatic carbocycles. The smallest absolute Gasteiger partial charge is 0.149 e. The Balaban J connectivity index is 1.81. The summed E-state index contributed by atoms with van der Waals surface area (Å²) in [6.07, 6.45) is 12.0. The molecule has 1 aliphatic heterocycles. The monoisotopic (exact) mass is 260 g/mol. The van der Waals surface area contributed by atoms with Crippen molar-refractivity contribution < 1.29 is 0 Å². The SMILES string of the molecule is CCNc1cncc(N2CCCC3CCCCC32)n1. The van der Waals surface area contributed by atoms with E-state index in [9.17, 15) is 0 Å². The minimum absolute atomic E-state index is 0.702. The minimum Gasteiger partial charge on any atom is -0.369 e. The van der Waals surface area contributed by atoms with Crippen molar-refractivity contribution in [1.29, 1.82) is 0 Å². The van der Waals surface area contributed by atoms with Gasteiger partial charge in [0.05, 0.1) is 12.4 Å². The van der Waals surface area contributed by atoms with E-state index in [1.807, 2.05) is 12.4 Å². The second-order valence-electron chi connectivity index (χ2n) is 5.74. The first-order chi connectivity index (χ1) is 9.38. The Morgan fingerprint density at radius 3 is 2.95 bits per heavy atom. The number of rotatable bonds is 3. The summed E-state index contributed by atoms with van der Waals surface area (Å²) in [5.41, 5.74) is 0. The standard InChI is InChI=1S/C15H24N4/c1-2-17-14-10-16-11-15(18-14)19-9-5-7-12-6-3-4-8-13(12)19/h10-13H,2-9H2,1H3,(H,17,18). The van der Waals surface area contributed by atoms with Crippen LogP contribution in [0.1, 0.15) is 45.4 Å². The predicted molar refractivity (Wildman–Crippen MR) is 78.5 cm³/mol. The van der Waals surface area contributed by atoms with E-state index in [0.717, 1.165) is 30.6 Å². The average molecular weight is 260 g/mol. The van der Waals surface area contributed by atoms with Crippen LogP contribution < -0.4 is 10.2 Å². The van der Waals surface area contributed by atoms with Gasteiger partial charge in [0, 0.05) is 19.1 Å². The number of nitrogens with one attached hydrogen (secondary N) is 1. The zero-order valence-electron chi connectivity index (χ0n) is 11.8. The van der Waals surface area contributed by atoms with Gasteiger partial charge < -0.3 is 10.2 Å². The van der Waals surface area contributed by atoms with Gasteiger partial charge in [0.1, 0.15) is 11.6 Å². The Labute approximate surface area is 115 Å². The molecule has 0 radical (unpaired) electrons. The molecule has 1 aromatic heterocycles. The lowest BCUT2D eigenvalue weighted by molar-refractivity contribution is 0.242. The van der Waals surface area contributed by atoms with Crippen molar-refractivity contribution in [3.63, 3.8) is 0 Å². The molecule has 4 heteroatoms. The molecular formula is C15H24N4. The highest BCUT2D eigenvalue weighted by Crippen LogP contribution is 2.37. The van der Waals surface area contributed by atoms with Gasteiger partial charge in [-0.05, 0) is 38.5 Å². The lowest BCUT2D eigenvalue weighted by Crippen LogP contribution is -2.47. The Hall–Kier alpha value is -1.32. The molecule has 19 heavy (non-hydrogen) atoms. The molecule has 1 saturated carbocycles. The Bertz CT molecular complexity index is 418. The van der Waals surface area contributed by atoms with E-state index in [0.29, 0.717) is 6.04 Å². The predicted octanol–water partition coefficient (Wildman–Crippen LogP) is 3.07. The van der Waals surface area contributed by atoms with Crippen LogP contribution in [0.4, 0.5) is 11.6 Å². The zero-order chi connectivity index (χ0) is 13.1. The molecule has 0 amide bonds. The van der Waals surface area contributed by atoms with E-state index < -0.39 is 0 Å². The molecule has 0 spiro atoms. The number of piperidine rings is 1. The van der Waals surface area contributed by atoms with Gasteiger partial charge >= 0.3 is 0 Å². The first kappa shape index (κ1) is 12.7. The van der Waals surface area contributed by atoms with Crippen LogP contribution in [0.3, 0.4) is 0 Å². The maximum absolute atomic E-state index is 4.73. The van der Waals surface area contributed by atoms with Crippen molar-refractivity contribution in [1.82, 2.24) is 9.97 Å². The summed E-state index contributed by atoms with van der Waals surface area (Å²) in [6.45, 7) is 4.13. The lowest BCUT2D eigenvalue weighted by atomic mass is 9.78. The van der Waals surface area contributed by atoms with E-state index in [1.54, 1.807) is 0 Å². The first-order valence-electron chi connectivity index (χ1n) is 7.71. The van der Waals surface area contributed by atoms with Crippen molar-refractivity contribution in [2.45, 2.75) is 51.5 Å². The number of hydrogen-bond acceptors (Lipinski definition) is 4. The summed E-state index contributed by atoms with van der Waals surface area (Å²) in [6, 6.07) is 0.702. The van der Waals surface area contributed by atoms with Crippen molar-refractivity contribution >= 4 is 11.6 Å². The maximum atomic E-state index is 4.73. The van der Waals surface area contributed by atoms with Crippen LogP contribution in [0.15, 0.2) is 12.4 Å². The Morgan fingerprint density at radius 2 is 2.05 bits per heavy atom. The number of fused-ring (bicyclic) bond motifs is 1. The van der Waals surface area contributed by atoms with E-state index in [1.165, 1.54) is 38.5 Å². The molecule has 1 N–H and O–H groups in total. The molecule has 2 heterocycles. The Kier molecular flexibility index (Phi) is 3.85. The highest BCUT2D eigenvalue weighted by molar-refractivity contribution is 5.45. The van der Waals surface area contributed by atoms with Crippen LogP contribution in [-0.2, 0) is 0 Å². The third-order valence-electron chi connectivity index (χ3n) is 4.52. The summed E-state index contributed by atoms with van der Waals surface area (Å²) in [5, 5.41) is 3.26. The molecule has 104 valence electrons. The average Bonchev–Trinajstić information content (AvgIpc) is 2.47. The fourth-order valence-corrected chi connectivity index (χ4v) is 3.67. The van der Waals surface area contributed by atoms with Crippen LogP contribution >= 0.6 is 0 Å². The number of nitrogens with zero attached hydrogens (tertiary/aromatic N) is 3. The molecule has 2 aliphatic rings.